The van der Waals surface area contributed by atoms with Gasteiger partial charge in [0.15, 0.2) is 5.13 Å². The Morgan fingerprint density at radius 1 is 1.43 bits per heavy atom. The van der Waals surface area contributed by atoms with Crippen molar-refractivity contribution in [2.24, 2.45) is 0 Å². The summed E-state index contributed by atoms with van der Waals surface area (Å²) in [5, 5.41) is 3.94. The molecule has 7 heteroatoms. The van der Waals surface area contributed by atoms with Crippen LogP contribution in [0.25, 0.3) is 0 Å². The Balaban J connectivity index is 1.76. The molecule has 110 valence electrons. The topological polar surface area (TPSA) is 80.5 Å². The minimum absolute atomic E-state index is 0.201. The maximum absolute atomic E-state index is 10.9. The third kappa shape index (κ3) is 3.14. The summed E-state index contributed by atoms with van der Waals surface area (Å²) in [4.78, 5) is 17.8. The van der Waals surface area contributed by atoms with Crippen LogP contribution in [0.5, 0.6) is 0 Å². The molecular weight excluding hydrogens is 288 g/mol. The second kappa shape index (κ2) is 6.11. The van der Waals surface area contributed by atoms with Gasteiger partial charge < -0.3 is 20.7 Å². The number of amides is 1. The number of nitrogen functional groups attached to an aromatic ring is 1. The molecule has 1 unspecified atom stereocenters. The molecule has 3 N–H and O–H groups in total. The Kier molecular flexibility index (Phi) is 4.03. The Morgan fingerprint density at radius 2 is 2.24 bits per heavy atom. The number of thiazole rings is 1. The number of ether oxygens (including phenoxy) is 1. The van der Waals surface area contributed by atoms with Gasteiger partial charge in [-0.3, -0.25) is 4.79 Å². The van der Waals surface area contributed by atoms with Gasteiger partial charge in [-0.1, -0.05) is 29.5 Å². The van der Waals surface area contributed by atoms with Gasteiger partial charge in [0.1, 0.15) is 11.9 Å². The molecule has 0 aliphatic carbocycles. The number of anilines is 3. The van der Waals surface area contributed by atoms with E-state index in [1.54, 1.807) is 4.90 Å². The number of aromatic nitrogens is 1. The smallest absolute Gasteiger partial charge is 0.209 e. The maximum Gasteiger partial charge on any atom is 0.209 e. The molecule has 1 saturated heterocycles. The molecular formula is C14H16N4O2S. The van der Waals surface area contributed by atoms with Crippen molar-refractivity contribution >= 4 is 34.4 Å². The van der Waals surface area contributed by atoms with E-state index in [4.69, 9.17) is 10.5 Å². The molecule has 0 bridgehead atoms. The molecule has 2 heterocycles. The van der Waals surface area contributed by atoms with Crippen LogP contribution in [-0.2, 0) is 9.53 Å². The zero-order chi connectivity index (χ0) is 14.7. The summed E-state index contributed by atoms with van der Waals surface area (Å²) in [6.45, 7) is 1.65. The second-order valence-electron chi connectivity index (χ2n) is 4.72. The average Bonchev–Trinajstić information content (AvgIpc) is 2.89. The Labute approximate surface area is 126 Å². The number of rotatable bonds is 4. The minimum Gasteiger partial charge on any atom is -0.383 e. The first kappa shape index (κ1) is 13.8. The van der Waals surface area contributed by atoms with Crippen molar-refractivity contribution in [2.45, 2.75) is 6.10 Å². The van der Waals surface area contributed by atoms with Gasteiger partial charge in [0.05, 0.1) is 18.0 Å². The number of hydrogen-bond acceptors (Lipinski definition) is 6. The van der Waals surface area contributed by atoms with Crippen LogP contribution in [0.1, 0.15) is 11.0 Å². The molecule has 1 atom stereocenters. The highest BCUT2D eigenvalue weighted by Gasteiger charge is 2.25. The molecule has 1 aliphatic heterocycles. The van der Waals surface area contributed by atoms with E-state index in [0.29, 0.717) is 25.5 Å². The van der Waals surface area contributed by atoms with E-state index in [1.165, 1.54) is 11.3 Å². The molecule has 1 aromatic carbocycles. The Morgan fingerprint density at radius 3 is 3.00 bits per heavy atom. The van der Waals surface area contributed by atoms with Gasteiger partial charge in [-0.2, -0.15) is 0 Å². The van der Waals surface area contributed by atoms with Crippen molar-refractivity contribution in [1.29, 1.82) is 0 Å². The fraction of sp³-hybridized carbons (Fsp3) is 0.286. The molecule has 2 aromatic rings. The fourth-order valence-electron chi connectivity index (χ4n) is 2.20. The first-order valence-electron chi connectivity index (χ1n) is 6.65. The monoisotopic (exact) mass is 304 g/mol. The second-order valence-corrected chi connectivity index (χ2v) is 5.75. The van der Waals surface area contributed by atoms with Crippen LogP contribution in [-0.4, -0.2) is 36.0 Å². The lowest BCUT2D eigenvalue weighted by Gasteiger charge is -2.29. The van der Waals surface area contributed by atoms with Crippen LogP contribution >= 0.6 is 11.3 Å². The first-order valence-corrected chi connectivity index (χ1v) is 7.47. The lowest BCUT2D eigenvalue weighted by molar-refractivity contribution is -0.125. The molecule has 0 radical (unpaired) electrons. The zero-order valence-electron chi connectivity index (χ0n) is 11.4. The molecule has 1 aromatic heterocycles. The van der Waals surface area contributed by atoms with Crippen LogP contribution in [0.4, 0.5) is 16.6 Å². The standard InChI is InChI=1S/C14H16N4O2S/c15-13-12(11-8-18(9-19)6-7-20-11)21-14(17-13)16-10-4-2-1-3-5-10/h1-5,9,11H,6-8,15H2,(H,16,17). The molecule has 6 nitrogen and oxygen atoms in total. The van der Waals surface area contributed by atoms with E-state index in [-0.39, 0.29) is 6.10 Å². The van der Waals surface area contributed by atoms with E-state index in [2.05, 4.69) is 10.3 Å². The summed E-state index contributed by atoms with van der Waals surface area (Å²) in [5.74, 6) is 0.455. The molecule has 1 fully saturated rings. The molecule has 1 amide bonds. The number of morpholine rings is 1. The summed E-state index contributed by atoms with van der Waals surface area (Å²) >= 11 is 1.46. The SMILES string of the molecule is Nc1nc(Nc2ccccc2)sc1C1CN(C=O)CCO1. The van der Waals surface area contributed by atoms with Crippen molar-refractivity contribution in [3.63, 3.8) is 0 Å². The third-order valence-corrected chi connectivity index (χ3v) is 4.32. The Bertz CT molecular complexity index is 617. The van der Waals surface area contributed by atoms with Crippen molar-refractivity contribution < 1.29 is 9.53 Å². The van der Waals surface area contributed by atoms with Crippen LogP contribution in [0.3, 0.4) is 0 Å². The van der Waals surface area contributed by atoms with Crippen molar-refractivity contribution in [3.05, 3.63) is 35.2 Å². The number of nitrogens with one attached hydrogen (secondary N) is 1. The number of nitrogens with zero attached hydrogens (tertiary/aromatic N) is 2. The first-order chi connectivity index (χ1) is 10.3. The van der Waals surface area contributed by atoms with Gasteiger partial charge >= 0.3 is 0 Å². The third-order valence-electron chi connectivity index (χ3n) is 3.25. The van der Waals surface area contributed by atoms with E-state index in [0.717, 1.165) is 22.1 Å². The van der Waals surface area contributed by atoms with Crippen molar-refractivity contribution in [1.82, 2.24) is 9.88 Å². The zero-order valence-corrected chi connectivity index (χ0v) is 12.2. The largest absolute Gasteiger partial charge is 0.383 e. The number of hydrogen-bond donors (Lipinski definition) is 2. The minimum atomic E-state index is -0.201. The predicted octanol–water partition coefficient (Wildman–Crippen LogP) is 2.00. The molecule has 1 aliphatic rings. The van der Waals surface area contributed by atoms with Crippen LogP contribution in [0, 0.1) is 0 Å². The molecule has 3 rings (SSSR count). The van der Waals surface area contributed by atoms with E-state index in [9.17, 15) is 4.79 Å². The molecule has 21 heavy (non-hydrogen) atoms. The van der Waals surface area contributed by atoms with Gasteiger partial charge in [0.2, 0.25) is 6.41 Å². The summed E-state index contributed by atoms with van der Waals surface area (Å²) in [5.41, 5.74) is 6.94. The summed E-state index contributed by atoms with van der Waals surface area (Å²) in [6.07, 6.45) is 0.642. The van der Waals surface area contributed by atoms with Gasteiger partial charge in [-0.05, 0) is 12.1 Å². The number of carbonyl (C=O) groups excluding carboxylic acids is 1. The van der Waals surface area contributed by atoms with Crippen LogP contribution in [0.2, 0.25) is 0 Å². The lowest BCUT2D eigenvalue weighted by atomic mass is 10.2. The quantitative estimate of drug-likeness (QED) is 0.844. The van der Waals surface area contributed by atoms with Gasteiger partial charge in [0.25, 0.3) is 0 Å². The Hall–Kier alpha value is -2.12. The van der Waals surface area contributed by atoms with Gasteiger partial charge in [-0.25, -0.2) is 4.98 Å². The van der Waals surface area contributed by atoms with E-state index < -0.39 is 0 Å². The summed E-state index contributed by atoms with van der Waals surface area (Å²) in [6, 6.07) is 9.78. The van der Waals surface area contributed by atoms with E-state index in [1.807, 2.05) is 30.3 Å². The summed E-state index contributed by atoms with van der Waals surface area (Å²) in [7, 11) is 0. The van der Waals surface area contributed by atoms with Crippen molar-refractivity contribution in [2.75, 3.05) is 30.7 Å². The highest BCUT2D eigenvalue weighted by molar-refractivity contribution is 7.16. The highest BCUT2D eigenvalue weighted by Crippen LogP contribution is 2.35. The highest BCUT2D eigenvalue weighted by atomic mass is 32.1. The predicted molar refractivity (Wildman–Crippen MR) is 82.6 cm³/mol. The van der Waals surface area contributed by atoms with Gasteiger partial charge in [0, 0.05) is 12.2 Å². The van der Waals surface area contributed by atoms with Crippen LogP contribution < -0.4 is 11.1 Å². The number of benzene rings is 1. The maximum atomic E-state index is 10.9. The average molecular weight is 304 g/mol. The lowest BCUT2D eigenvalue weighted by Crippen LogP contribution is -2.37. The summed E-state index contributed by atoms with van der Waals surface area (Å²) < 4.78 is 5.70. The normalized spacial score (nSPS) is 18.5. The number of nitrogens with two attached hydrogens (primary N) is 1. The number of para-hydroxylation sites is 1. The molecule has 0 spiro atoms. The van der Waals surface area contributed by atoms with E-state index >= 15 is 0 Å². The molecule has 0 saturated carbocycles. The van der Waals surface area contributed by atoms with Crippen LogP contribution in [0.15, 0.2) is 30.3 Å². The fourth-order valence-corrected chi connectivity index (χ4v) is 3.14. The van der Waals surface area contributed by atoms with Crippen molar-refractivity contribution in [3.8, 4) is 0 Å². The van der Waals surface area contributed by atoms with Gasteiger partial charge in [-0.15, -0.1) is 0 Å². The number of carbonyl (C=O) groups is 1.